The molecule has 0 radical (unpaired) electrons. The van der Waals surface area contributed by atoms with Gasteiger partial charge in [-0.1, -0.05) is 42.1 Å². The molecular formula is C16H22N5OS+. The summed E-state index contributed by atoms with van der Waals surface area (Å²) in [4.78, 5) is 20.1. The summed E-state index contributed by atoms with van der Waals surface area (Å²) in [5.74, 6) is 0.185. The van der Waals surface area contributed by atoms with E-state index < -0.39 is 0 Å². The van der Waals surface area contributed by atoms with Crippen molar-refractivity contribution in [3.8, 4) is 0 Å². The van der Waals surface area contributed by atoms with E-state index in [9.17, 15) is 4.79 Å². The van der Waals surface area contributed by atoms with Crippen LogP contribution in [0.2, 0.25) is 0 Å². The second-order valence-corrected chi connectivity index (χ2v) is 7.12. The quantitative estimate of drug-likeness (QED) is 0.769. The van der Waals surface area contributed by atoms with E-state index in [4.69, 9.17) is 0 Å². The second-order valence-electron chi connectivity index (χ2n) is 5.79. The van der Waals surface area contributed by atoms with Gasteiger partial charge < -0.3 is 9.80 Å². The number of benzene rings is 1. The van der Waals surface area contributed by atoms with Gasteiger partial charge in [0.2, 0.25) is 5.91 Å². The molecule has 1 aromatic carbocycles. The number of carbonyl (C=O) groups is 1. The van der Waals surface area contributed by atoms with Gasteiger partial charge in [-0.3, -0.25) is 9.89 Å². The van der Waals surface area contributed by atoms with Gasteiger partial charge in [-0.25, -0.2) is 4.98 Å². The van der Waals surface area contributed by atoms with Crippen LogP contribution < -0.4 is 4.90 Å². The maximum Gasteiger partial charge on any atom is 0.236 e. The Hall–Kier alpha value is -1.86. The number of thioether (sulfide) groups is 1. The van der Waals surface area contributed by atoms with E-state index in [-0.39, 0.29) is 11.2 Å². The highest BCUT2D eigenvalue weighted by atomic mass is 32.2. The molecule has 6 nitrogen and oxygen atoms in total. The molecule has 0 saturated carbocycles. The van der Waals surface area contributed by atoms with E-state index in [1.807, 2.05) is 17.9 Å². The van der Waals surface area contributed by atoms with Crippen LogP contribution in [-0.4, -0.2) is 57.4 Å². The van der Waals surface area contributed by atoms with Crippen molar-refractivity contribution in [3.63, 3.8) is 0 Å². The maximum atomic E-state index is 12.5. The average molecular weight is 332 g/mol. The molecule has 1 aliphatic rings. The number of rotatable bonds is 5. The number of piperazine rings is 1. The SMILES string of the molecule is C[C@H](Sc1ncn[nH]1)C(=O)N1CC[NH+](Cc2ccccc2)CC1. The molecule has 0 spiro atoms. The molecule has 0 unspecified atom stereocenters. The molecule has 23 heavy (non-hydrogen) atoms. The third-order valence-corrected chi connectivity index (χ3v) is 5.08. The fraction of sp³-hybridized carbons (Fsp3) is 0.438. The summed E-state index contributed by atoms with van der Waals surface area (Å²) < 4.78 is 0. The van der Waals surface area contributed by atoms with Crippen LogP contribution in [0.4, 0.5) is 0 Å². The molecule has 1 fully saturated rings. The Morgan fingerprint density at radius 2 is 2.09 bits per heavy atom. The van der Waals surface area contributed by atoms with Crippen molar-refractivity contribution >= 4 is 17.7 Å². The van der Waals surface area contributed by atoms with Crippen molar-refractivity contribution in [2.24, 2.45) is 0 Å². The van der Waals surface area contributed by atoms with Gasteiger partial charge in [-0.05, 0) is 6.92 Å². The van der Waals surface area contributed by atoms with Crippen molar-refractivity contribution in [3.05, 3.63) is 42.2 Å². The topological polar surface area (TPSA) is 66.3 Å². The summed E-state index contributed by atoms with van der Waals surface area (Å²) in [6, 6.07) is 10.5. The zero-order valence-corrected chi connectivity index (χ0v) is 14.1. The number of quaternary nitrogens is 1. The van der Waals surface area contributed by atoms with Gasteiger partial charge >= 0.3 is 0 Å². The maximum absolute atomic E-state index is 12.5. The molecule has 1 aromatic heterocycles. The number of carbonyl (C=O) groups excluding carboxylic acids is 1. The van der Waals surface area contributed by atoms with E-state index in [0.717, 1.165) is 32.7 Å². The first-order valence-electron chi connectivity index (χ1n) is 7.90. The molecule has 1 atom stereocenters. The highest BCUT2D eigenvalue weighted by Crippen LogP contribution is 2.20. The molecule has 2 heterocycles. The number of nitrogens with zero attached hydrogens (tertiary/aromatic N) is 3. The van der Waals surface area contributed by atoms with Gasteiger partial charge in [-0.2, -0.15) is 5.10 Å². The summed E-state index contributed by atoms with van der Waals surface area (Å²) in [6.45, 7) is 6.61. The zero-order valence-electron chi connectivity index (χ0n) is 13.2. The predicted molar refractivity (Wildman–Crippen MR) is 89.1 cm³/mol. The van der Waals surface area contributed by atoms with Crippen LogP contribution in [0.3, 0.4) is 0 Å². The molecule has 0 bridgehead atoms. The summed E-state index contributed by atoms with van der Waals surface area (Å²) in [6.07, 6.45) is 1.46. The van der Waals surface area contributed by atoms with Crippen LogP contribution in [0.1, 0.15) is 12.5 Å². The first-order valence-corrected chi connectivity index (χ1v) is 8.78. The van der Waals surface area contributed by atoms with Gasteiger partial charge in [-0.15, -0.1) is 0 Å². The average Bonchev–Trinajstić information content (AvgIpc) is 3.09. The smallest absolute Gasteiger partial charge is 0.236 e. The molecule has 122 valence electrons. The Kier molecular flexibility index (Phi) is 5.30. The monoisotopic (exact) mass is 332 g/mol. The Morgan fingerprint density at radius 3 is 2.74 bits per heavy atom. The first kappa shape index (κ1) is 16.0. The number of aromatic nitrogens is 3. The largest absolute Gasteiger partial charge is 0.330 e. The van der Waals surface area contributed by atoms with E-state index >= 15 is 0 Å². The van der Waals surface area contributed by atoms with Gasteiger partial charge in [0.1, 0.15) is 12.9 Å². The van der Waals surface area contributed by atoms with Crippen LogP contribution in [-0.2, 0) is 11.3 Å². The van der Waals surface area contributed by atoms with Gasteiger partial charge in [0, 0.05) is 5.56 Å². The van der Waals surface area contributed by atoms with Crippen molar-refractivity contribution in [1.29, 1.82) is 0 Å². The molecule has 1 amide bonds. The number of aromatic amines is 1. The zero-order chi connectivity index (χ0) is 16.1. The molecule has 1 saturated heterocycles. The Morgan fingerprint density at radius 1 is 1.35 bits per heavy atom. The molecule has 2 N–H and O–H groups in total. The van der Waals surface area contributed by atoms with Crippen LogP contribution in [0, 0.1) is 0 Å². The summed E-state index contributed by atoms with van der Waals surface area (Å²) in [7, 11) is 0. The van der Waals surface area contributed by atoms with Gasteiger partial charge in [0.15, 0.2) is 5.16 Å². The molecule has 0 aliphatic carbocycles. The molecule has 1 aliphatic heterocycles. The van der Waals surface area contributed by atoms with Crippen LogP contribution in [0.15, 0.2) is 41.8 Å². The van der Waals surface area contributed by atoms with E-state index in [1.54, 1.807) is 0 Å². The van der Waals surface area contributed by atoms with Gasteiger partial charge in [0.05, 0.1) is 31.4 Å². The summed E-state index contributed by atoms with van der Waals surface area (Å²) in [5, 5.41) is 7.15. The minimum absolute atomic E-state index is 0.140. The minimum atomic E-state index is -0.140. The number of hydrogen-bond acceptors (Lipinski definition) is 4. The molecule has 7 heteroatoms. The van der Waals surface area contributed by atoms with Crippen LogP contribution >= 0.6 is 11.8 Å². The molecule has 2 aromatic rings. The van der Waals surface area contributed by atoms with Crippen molar-refractivity contribution in [1.82, 2.24) is 20.1 Å². The van der Waals surface area contributed by atoms with Crippen molar-refractivity contribution in [2.45, 2.75) is 23.9 Å². The van der Waals surface area contributed by atoms with E-state index in [2.05, 4.69) is 39.4 Å². The second kappa shape index (κ2) is 7.61. The van der Waals surface area contributed by atoms with E-state index in [1.165, 1.54) is 28.6 Å². The lowest BCUT2D eigenvalue weighted by Gasteiger charge is -2.33. The minimum Gasteiger partial charge on any atom is -0.330 e. The normalized spacial score (nSPS) is 17.2. The van der Waals surface area contributed by atoms with Gasteiger partial charge in [0.25, 0.3) is 0 Å². The van der Waals surface area contributed by atoms with Crippen LogP contribution in [0.5, 0.6) is 0 Å². The standard InChI is InChI=1S/C16H21N5OS/c1-13(23-16-17-12-18-19-16)15(22)21-9-7-20(8-10-21)11-14-5-3-2-4-6-14/h2-6,12-13H,7-11H2,1H3,(H,17,18,19)/p+1/t13-/m0/s1. The highest BCUT2D eigenvalue weighted by Gasteiger charge is 2.27. The predicted octanol–water partition coefficient (Wildman–Crippen LogP) is 0.213. The fourth-order valence-electron chi connectivity index (χ4n) is 2.83. The Balaban J connectivity index is 1.47. The number of nitrogens with one attached hydrogen (secondary N) is 2. The summed E-state index contributed by atoms with van der Waals surface area (Å²) >= 11 is 1.43. The third kappa shape index (κ3) is 4.33. The highest BCUT2D eigenvalue weighted by molar-refractivity contribution is 8.00. The Bertz CT molecular complexity index is 611. The van der Waals surface area contributed by atoms with E-state index in [0.29, 0.717) is 5.16 Å². The number of H-pyrrole nitrogens is 1. The molecular weight excluding hydrogens is 310 g/mol. The Labute approximate surface area is 140 Å². The fourth-order valence-corrected chi connectivity index (χ4v) is 3.63. The number of hydrogen-bond donors (Lipinski definition) is 2. The van der Waals surface area contributed by atoms with Crippen LogP contribution in [0.25, 0.3) is 0 Å². The number of amides is 1. The summed E-state index contributed by atoms with van der Waals surface area (Å²) in [5.41, 5.74) is 1.36. The van der Waals surface area contributed by atoms with Crippen molar-refractivity contribution in [2.75, 3.05) is 26.2 Å². The first-order chi connectivity index (χ1) is 11.2. The third-order valence-electron chi connectivity index (χ3n) is 4.11. The van der Waals surface area contributed by atoms with Crippen molar-refractivity contribution < 1.29 is 9.69 Å². The lowest BCUT2D eigenvalue weighted by atomic mass is 10.2. The molecule has 3 rings (SSSR count). The lowest BCUT2D eigenvalue weighted by molar-refractivity contribution is -0.917. The lowest BCUT2D eigenvalue weighted by Crippen LogP contribution is -3.13.